The lowest BCUT2D eigenvalue weighted by atomic mass is 9.94. The lowest BCUT2D eigenvalue weighted by Gasteiger charge is -2.35. The van der Waals surface area contributed by atoms with Crippen molar-refractivity contribution in [3.63, 3.8) is 0 Å². The Morgan fingerprint density at radius 1 is 1.12 bits per heavy atom. The molecule has 2 aromatic heterocycles. The first-order valence-corrected chi connectivity index (χ1v) is 11.1. The Hall–Kier alpha value is -4.05. The number of carbonyl (C=O) groups excluding carboxylic acids is 1. The van der Waals surface area contributed by atoms with E-state index >= 15 is 0 Å². The molecule has 0 fully saturated rings. The van der Waals surface area contributed by atoms with Crippen molar-refractivity contribution in [3.8, 4) is 16.5 Å². The van der Waals surface area contributed by atoms with Crippen LogP contribution in [0.5, 0.6) is 5.75 Å². The van der Waals surface area contributed by atoms with Crippen molar-refractivity contribution < 1.29 is 22.8 Å². The fourth-order valence-corrected chi connectivity index (χ4v) is 4.49. The first-order chi connectivity index (χ1) is 16.5. The van der Waals surface area contributed by atoms with Gasteiger partial charge in [0.2, 0.25) is 5.82 Å². The third kappa shape index (κ3) is 3.81. The first kappa shape index (κ1) is 21.8. The predicted molar refractivity (Wildman–Crippen MR) is 123 cm³/mol. The molecular weight excluding hydrogens is 462 g/mol. The second-order valence-electron chi connectivity index (χ2n) is 7.49. The van der Waals surface area contributed by atoms with Gasteiger partial charge < -0.3 is 14.6 Å². The van der Waals surface area contributed by atoms with Crippen LogP contribution in [-0.2, 0) is 0 Å². The number of hydrogen-bond acceptors (Lipinski definition) is 6. The molecule has 2 aromatic carbocycles. The van der Waals surface area contributed by atoms with Crippen LogP contribution >= 0.6 is 11.3 Å². The van der Waals surface area contributed by atoms with E-state index in [9.17, 15) is 13.6 Å². The highest BCUT2D eigenvalue weighted by Gasteiger charge is 2.36. The summed E-state index contributed by atoms with van der Waals surface area (Å²) in [6.07, 6.45) is 0. The maximum absolute atomic E-state index is 14.0. The van der Waals surface area contributed by atoms with E-state index in [0.717, 1.165) is 22.6 Å². The molecule has 0 bridgehead atoms. The van der Waals surface area contributed by atoms with Crippen molar-refractivity contribution in [1.82, 2.24) is 15.5 Å². The normalized spacial score (nSPS) is 16.1. The number of urea groups is 1. The molecule has 1 atom stereocenters. The number of benzene rings is 2. The highest BCUT2D eigenvalue weighted by Crippen LogP contribution is 2.39. The van der Waals surface area contributed by atoms with Crippen molar-refractivity contribution >= 4 is 28.6 Å². The second kappa shape index (κ2) is 8.71. The minimum atomic E-state index is -1.06. The van der Waals surface area contributed by atoms with Crippen LogP contribution < -0.4 is 15.0 Å². The highest BCUT2D eigenvalue weighted by molar-refractivity contribution is 7.13. The smallest absolute Gasteiger partial charge is 0.327 e. The van der Waals surface area contributed by atoms with Crippen LogP contribution in [0.15, 0.2) is 70.2 Å². The summed E-state index contributed by atoms with van der Waals surface area (Å²) in [5.74, 6) is -0.787. The maximum Gasteiger partial charge on any atom is 0.327 e. The summed E-state index contributed by atoms with van der Waals surface area (Å²) in [7, 11) is 1.57. The van der Waals surface area contributed by atoms with Gasteiger partial charge in [-0.15, -0.1) is 11.3 Å². The van der Waals surface area contributed by atoms with Gasteiger partial charge >= 0.3 is 6.03 Å². The van der Waals surface area contributed by atoms with Crippen LogP contribution in [0.4, 0.5) is 19.3 Å². The summed E-state index contributed by atoms with van der Waals surface area (Å²) in [5.41, 5.74) is 1.89. The van der Waals surface area contributed by atoms with Gasteiger partial charge in [-0.1, -0.05) is 23.4 Å². The Morgan fingerprint density at radius 3 is 2.59 bits per heavy atom. The summed E-state index contributed by atoms with van der Waals surface area (Å²) in [5, 5.41) is 8.92. The van der Waals surface area contributed by atoms with Gasteiger partial charge in [0, 0.05) is 11.8 Å². The van der Waals surface area contributed by atoms with Crippen LogP contribution in [0.3, 0.4) is 0 Å². The molecule has 4 aromatic rings. The number of nitrogens with one attached hydrogen (secondary N) is 1. The second-order valence-corrected chi connectivity index (χ2v) is 8.44. The number of aromatic nitrogens is 2. The summed E-state index contributed by atoms with van der Waals surface area (Å²) in [4.78, 5) is 19.8. The van der Waals surface area contributed by atoms with Crippen LogP contribution in [0.25, 0.3) is 16.3 Å². The molecule has 0 aliphatic carbocycles. The fourth-order valence-electron chi connectivity index (χ4n) is 3.84. The molecule has 7 nitrogen and oxygen atoms in total. The molecule has 34 heavy (non-hydrogen) atoms. The number of allylic oxidation sites excluding steroid dienone is 1. The molecule has 172 valence electrons. The van der Waals surface area contributed by atoms with E-state index in [4.69, 9.17) is 9.26 Å². The zero-order chi connectivity index (χ0) is 23.8. The molecule has 0 spiro atoms. The topological polar surface area (TPSA) is 80.5 Å². The van der Waals surface area contributed by atoms with Gasteiger partial charge in [-0.25, -0.2) is 13.6 Å². The van der Waals surface area contributed by atoms with Gasteiger partial charge in [-0.2, -0.15) is 4.98 Å². The van der Waals surface area contributed by atoms with Crippen molar-refractivity contribution in [3.05, 3.63) is 88.8 Å². The summed E-state index contributed by atoms with van der Waals surface area (Å²) < 4.78 is 38.4. The van der Waals surface area contributed by atoms with Gasteiger partial charge in [0.05, 0.1) is 29.3 Å². The lowest BCUT2D eigenvalue weighted by molar-refractivity contribution is 0.244. The van der Waals surface area contributed by atoms with E-state index in [1.165, 1.54) is 22.3 Å². The molecule has 1 N–H and O–H groups in total. The third-order valence-electron chi connectivity index (χ3n) is 5.49. The van der Waals surface area contributed by atoms with E-state index in [2.05, 4.69) is 15.5 Å². The van der Waals surface area contributed by atoms with E-state index in [-0.39, 0.29) is 11.6 Å². The minimum Gasteiger partial charge on any atom is -0.497 e. The minimum absolute atomic E-state index is 0.164. The van der Waals surface area contributed by atoms with Crippen molar-refractivity contribution in [1.29, 1.82) is 0 Å². The Bertz CT molecular complexity index is 1380. The van der Waals surface area contributed by atoms with E-state index in [0.29, 0.717) is 22.8 Å². The van der Waals surface area contributed by atoms with Crippen LogP contribution in [0.1, 0.15) is 24.4 Å². The Kier molecular flexibility index (Phi) is 5.58. The Balaban J connectivity index is 1.65. The van der Waals surface area contributed by atoms with Gasteiger partial charge in [-0.05, 0) is 48.2 Å². The van der Waals surface area contributed by atoms with Crippen LogP contribution in [0, 0.1) is 11.6 Å². The van der Waals surface area contributed by atoms with E-state index in [1.54, 1.807) is 26.2 Å². The molecule has 0 saturated heterocycles. The zero-order valence-corrected chi connectivity index (χ0v) is 18.9. The number of thiophene rings is 1. The molecule has 0 saturated carbocycles. The average Bonchev–Trinajstić information content (AvgIpc) is 3.53. The number of halogens is 2. The van der Waals surface area contributed by atoms with E-state index in [1.807, 2.05) is 29.6 Å². The molecule has 0 radical (unpaired) electrons. The number of carbonyl (C=O) groups is 1. The van der Waals surface area contributed by atoms with Crippen molar-refractivity contribution in [2.24, 2.45) is 0 Å². The first-order valence-electron chi connectivity index (χ1n) is 10.2. The quantitative estimate of drug-likeness (QED) is 0.391. The van der Waals surface area contributed by atoms with Gasteiger partial charge in [0.25, 0.3) is 5.89 Å². The lowest BCUT2D eigenvalue weighted by Crippen LogP contribution is -2.46. The summed E-state index contributed by atoms with van der Waals surface area (Å²) in [6, 6.07) is 13.1. The van der Waals surface area contributed by atoms with Crippen molar-refractivity contribution in [2.75, 3.05) is 12.0 Å². The molecule has 1 aliphatic heterocycles. The standard InChI is InChI=1S/C24H18F2N4O3S/c1-13-20(23-28-22(29-33-23)19-4-3-11-34-19)21(14-5-8-16(32-2)9-6-14)27-24(31)30(13)15-7-10-17(25)18(26)12-15/h3-12,21H,1-2H3,(H,27,31). The molecule has 5 rings (SSSR count). The van der Waals surface area contributed by atoms with Gasteiger partial charge in [0.15, 0.2) is 11.6 Å². The maximum atomic E-state index is 14.0. The summed E-state index contributed by atoms with van der Waals surface area (Å²) in [6.45, 7) is 1.70. The zero-order valence-electron chi connectivity index (χ0n) is 18.1. The molecule has 2 amide bonds. The number of hydrogen-bond donors (Lipinski definition) is 1. The molecule has 1 unspecified atom stereocenters. The van der Waals surface area contributed by atoms with Crippen LogP contribution in [0.2, 0.25) is 0 Å². The largest absolute Gasteiger partial charge is 0.497 e. The number of methoxy groups -OCH3 is 1. The van der Waals surface area contributed by atoms with E-state index < -0.39 is 23.7 Å². The third-order valence-corrected chi connectivity index (χ3v) is 6.36. The number of anilines is 1. The number of nitrogens with zero attached hydrogens (tertiary/aromatic N) is 3. The van der Waals surface area contributed by atoms with Crippen LogP contribution in [-0.4, -0.2) is 23.3 Å². The highest BCUT2D eigenvalue weighted by atomic mass is 32.1. The Morgan fingerprint density at radius 2 is 1.91 bits per heavy atom. The van der Waals surface area contributed by atoms with Crippen molar-refractivity contribution in [2.45, 2.75) is 13.0 Å². The number of rotatable bonds is 5. The molecule has 10 heteroatoms. The molecule has 1 aliphatic rings. The SMILES string of the molecule is COc1ccc(C2NC(=O)N(c3ccc(F)c(F)c3)C(C)=C2c2nc(-c3cccs3)no2)cc1. The molecule has 3 heterocycles. The average molecular weight is 480 g/mol. The van der Waals surface area contributed by atoms with Gasteiger partial charge in [-0.3, -0.25) is 4.90 Å². The Labute approximate surface area is 197 Å². The predicted octanol–water partition coefficient (Wildman–Crippen LogP) is 5.79. The number of ether oxygens (including phenoxy) is 1. The van der Waals surface area contributed by atoms with Gasteiger partial charge in [0.1, 0.15) is 5.75 Å². The summed E-state index contributed by atoms with van der Waals surface area (Å²) >= 11 is 1.47. The monoisotopic (exact) mass is 480 g/mol. The molecular formula is C24H18F2N4O3S. The fraction of sp³-hybridized carbons (Fsp3) is 0.125. The number of amides is 2.